The molecule has 1 rings (SSSR count). The van der Waals surface area contributed by atoms with Crippen LogP contribution >= 0.6 is 11.8 Å². The monoisotopic (exact) mass is 197 g/mol. The number of hydrogen-bond donors (Lipinski definition) is 0. The first-order valence-corrected chi connectivity index (χ1v) is 3.94. The van der Waals surface area contributed by atoms with E-state index in [1.807, 2.05) is 6.07 Å². The molecule has 0 bridgehead atoms. The highest BCUT2D eigenvalue weighted by Crippen LogP contribution is 2.11. The molecule has 0 N–H and O–H groups in total. The fourth-order valence-corrected chi connectivity index (χ4v) is 0.925. The molecule has 1 aromatic rings. The Morgan fingerprint density at radius 2 is 2.46 bits per heavy atom. The Bertz CT molecular complexity index is 331. The van der Waals surface area contributed by atoms with Crippen LogP contribution in [0.4, 0.5) is 5.82 Å². The maximum atomic E-state index is 8.10. The van der Waals surface area contributed by atoms with E-state index < -0.39 is 0 Å². The molecule has 0 aliphatic carbocycles. The lowest BCUT2D eigenvalue weighted by molar-refractivity contribution is 0.970. The van der Waals surface area contributed by atoms with Crippen molar-refractivity contribution in [3.05, 3.63) is 34.3 Å². The predicted molar refractivity (Wildman–Crippen MR) is 51.3 cm³/mol. The van der Waals surface area contributed by atoms with Gasteiger partial charge in [-0.2, -0.15) is 0 Å². The fourth-order valence-electron chi connectivity index (χ4n) is 0.831. The first-order valence-electron chi connectivity index (χ1n) is 3.60. The molecular weight excluding hydrogens is 190 g/mol. The highest BCUT2D eigenvalue weighted by Gasteiger charge is 1.99. The number of azide groups is 1. The van der Waals surface area contributed by atoms with Crippen molar-refractivity contribution in [3.63, 3.8) is 0 Å². The Morgan fingerprint density at radius 1 is 1.69 bits per heavy atom. The van der Waals surface area contributed by atoms with Gasteiger partial charge in [0.05, 0.1) is 6.54 Å². The quantitative estimate of drug-likeness (QED) is 0.323. The van der Waals surface area contributed by atoms with Gasteiger partial charge in [0.2, 0.25) is 0 Å². The van der Waals surface area contributed by atoms with Gasteiger partial charge in [-0.3, -0.25) is 4.42 Å². The minimum atomic E-state index is 0.245. The lowest BCUT2D eigenvalue weighted by Crippen LogP contribution is -2.03. The smallest absolute Gasteiger partial charge is 0.142 e. The van der Waals surface area contributed by atoms with Gasteiger partial charge >= 0.3 is 0 Å². The van der Waals surface area contributed by atoms with Crippen LogP contribution in [0.15, 0.2) is 23.3 Å². The second-order valence-electron chi connectivity index (χ2n) is 2.35. The van der Waals surface area contributed by atoms with Crippen LogP contribution in [0.5, 0.6) is 0 Å². The van der Waals surface area contributed by atoms with Crippen LogP contribution in [0.25, 0.3) is 10.4 Å². The first kappa shape index (κ1) is 9.64. The van der Waals surface area contributed by atoms with Gasteiger partial charge in [0, 0.05) is 29.4 Å². The molecular formula is C7H8ClN5. The Hall–Kier alpha value is -1.45. The zero-order chi connectivity index (χ0) is 9.68. The summed E-state index contributed by atoms with van der Waals surface area (Å²) < 4.78 is 1.37. The first-order chi connectivity index (χ1) is 6.24. The van der Waals surface area contributed by atoms with Crippen molar-refractivity contribution in [1.29, 1.82) is 0 Å². The van der Waals surface area contributed by atoms with E-state index in [4.69, 9.17) is 17.3 Å². The third-order valence-corrected chi connectivity index (χ3v) is 1.58. The number of nitrogens with zero attached hydrogens (tertiary/aromatic N) is 5. The lowest BCUT2D eigenvalue weighted by Gasteiger charge is -2.07. The van der Waals surface area contributed by atoms with E-state index in [2.05, 4.69) is 15.0 Å². The van der Waals surface area contributed by atoms with Gasteiger partial charge in [-0.25, -0.2) is 4.98 Å². The molecule has 0 amide bonds. The molecule has 1 heterocycles. The molecule has 0 unspecified atom stereocenters. The second kappa shape index (κ2) is 4.54. The number of pyridine rings is 1. The van der Waals surface area contributed by atoms with Gasteiger partial charge in [0.1, 0.15) is 5.82 Å². The average molecular weight is 198 g/mol. The van der Waals surface area contributed by atoms with E-state index in [0.29, 0.717) is 11.5 Å². The van der Waals surface area contributed by atoms with Gasteiger partial charge in [0.15, 0.2) is 0 Å². The van der Waals surface area contributed by atoms with Crippen LogP contribution in [0.1, 0.15) is 5.69 Å². The van der Waals surface area contributed by atoms with Crippen LogP contribution < -0.4 is 4.42 Å². The van der Waals surface area contributed by atoms with E-state index in [0.717, 1.165) is 0 Å². The third kappa shape index (κ3) is 2.82. The Morgan fingerprint density at radius 3 is 3.08 bits per heavy atom. The zero-order valence-corrected chi connectivity index (χ0v) is 7.81. The molecule has 0 atom stereocenters. The SMILES string of the molecule is CN(Cl)c1cccc(CN=[N+]=[N-])n1. The maximum Gasteiger partial charge on any atom is 0.142 e. The maximum absolute atomic E-state index is 8.10. The highest BCUT2D eigenvalue weighted by molar-refractivity contribution is 6.24. The molecule has 0 aliphatic rings. The van der Waals surface area contributed by atoms with Crippen molar-refractivity contribution in [1.82, 2.24) is 4.98 Å². The topological polar surface area (TPSA) is 64.9 Å². The molecule has 0 aliphatic heterocycles. The normalized spacial score (nSPS) is 9.08. The van der Waals surface area contributed by atoms with Crippen molar-refractivity contribution in [2.45, 2.75) is 6.54 Å². The standard InChI is InChI=1S/C7H8ClN5/c1-13(8)7-4-2-3-6(11-7)5-10-12-9/h2-4H,5H2,1H3. The van der Waals surface area contributed by atoms with Gasteiger partial charge in [-0.1, -0.05) is 11.2 Å². The zero-order valence-electron chi connectivity index (χ0n) is 7.05. The summed E-state index contributed by atoms with van der Waals surface area (Å²) in [6.07, 6.45) is 0. The molecule has 0 radical (unpaired) electrons. The largest absolute Gasteiger partial charge is 0.272 e. The summed E-state index contributed by atoms with van der Waals surface area (Å²) in [6.45, 7) is 0.245. The van der Waals surface area contributed by atoms with E-state index in [1.54, 1.807) is 19.2 Å². The summed E-state index contributed by atoms with van der Waals surface area (Å²) in [5, 5.41) is 3.40. The summed E-state index contributed by atoms with van der Waals surface area (Å²) >= 11 is 5.68. The van der Waals surface area contributed by atoms with Crippen LogP contribution in [0.3, 0.4) is 0 Å². The highest BCUT2D eigenvalue weighted by atomic mass is 35.5. The average Bonchev–Trinajstić information content (AvgIpc) is 2.15. The summed E-state index contributed by atoms with van der Waals surface area (Å²) in [5.74, 6) is 0.632. The number of rotatable bonds is 3. The summed E-state index contributed by atoms with van der Waals surface area (Å²) in [6, 6.07) is 5.36. The van der Waals surface area contributed by atoms with Crippen molar-refractivity contribution in [2.24, 2.45) is 5.11 Å². The summed E-state index contributed by atoms with van der Waals surface area (Å²) in [5.41, 5.74) is 8.80. The Kier molecular flexibility index (Phi) is 3.37. The van der Waals surface area contributed by atoms with Crippen LogP contribution in [0, 0.1) is 0 Å². The second-order valence-corrected chi connectivity index (χ2v) is 2.86. The Balaban J connectivity index is 2.85. The van der Waals surface area contributed by atoms with Gasteiger partial charge in [-0.15, -0.1) is 0 Å². The van der Waals surface area contributed by atoms with Gasteiger partial charge in [0.25, 0.3) is 0 Å². The number of anilines is 1. The van der Waals surface area contributed by atoms with E-state index in [-0.39, 0.29) is 6.54 Å². The van der Waals surface area contributed by atoms with Crippen LogP contribution in [-0.4, -0.2) is 12.0 Å². The van der Waals surface area contributed by atoms with E-state index >= 15 is 0 Å². The molecule has 0 spiro atoms. The molecule has 6 heteroatoms. The molecule has 1 aromatic heterocycles. The number of hydrogen-bond acceptors (Lipinski definition) is 3. The van der Waals surface area contributed by atoms with Crippen molar-refractivity contribution >= 4 is 17.6 Å². The number of halogens is 1. The predicted octanol–water partition coefficient (Wildman–Crippen LogP) is 2.48. The minimum Gasteiger partial charge on any atom is -0.272 e. The van der Waals surface area contributed by atoms with Crippen LogP contribution in [-0.2, 0) is 6.54 Å². The summed E-state index contributed by atoms with van der Waals surface area (Å²) in [4.78, 5) is 6.78. The van der Waals surface area contributed by atoms with E-state index in [1.165, 1.54) is 4.42 Å². The van der Waals surface area contributed by atoms with Crippen molar-refractivity contribution < 1.29 is 0 Å². The molecule has 0 saturated carbocycles. The van der Waals surface area contributed by atoms with Crippen LogP contribution in [0.2, 0.25) is 0 Å². The molecule has 0 aromatic carbocycles. The number of aromatic nitrogens is 1. The minimum absolute atomic E-state index is 0.245. The summed E-state index contributed by atoms with van der Waals surface area (Å²) in [7, 11) is 1.68. The molecule has 0 fully saturated rings. The molecule has 13 heavy (non-hydrogen) atoms. The molecule has 68 valence electrons. The van der Waals surface area contributed by atoms with Crippen molar-refractivity contribution in [2.75, 3.05) is 11.5 Å². The van der Waals surface area contributed by atoms with Gasteiger partial charge < -0.3 is 0 Å². The molecule has 5 nitrogen and oxygen atoms in total. The van der Waals surface area contributed by atoms with Gasteiger partial charge in [-0.05, 0) is 17.7 Å². The van der Waals surface area contributed by atoms with E-state index in [9.17, 15) is 0 Å². The fraction of sp³-hybridized carbons (Fsp3) is 0.286. The third-order valence-electron chi connectivity index (χ3n) is 1.40. The Labute approximate surface area is 80.7 Å². The molecule has 0 saturated heterocycles. The van der Waals surface area contributed by atoms with Crippen molar-refractivity contribution in [3.8, 4) is 0 Å². The lowest BCUT2D eigenvalue weighted by atomic mass is 10.3.